The van der Waals surface area contributed by atoms with Crippen LogP contribution in [-0.4, -0.2) is 14.8 Å². The zero-order valence-corrected chi connectivity index (χ0v) is 11.2. The van der Waals surface area contributed by atoms with Gasteiger partial charge >= 0.3 is 0 Å². The third-order valence-corrected chi connectivity index (χ3v) is 3.83. The summed E-state index contributed by atoms with van der Waals surface area (Å²) < 4.78 is 3.10. The van der Waals surface area contributed by atoms with E-state index in [1.165, 1.54) is 4.70 Å². The molecule has 0 aliphatic heterocycles. The Morgan fingerprint density at radius 1 is 1.33 bits per heavy atom. The van der Waals surface area contributed by atoms with Gasteiger partial charge in [-0.2, -0.15) is 5.10 Å². The van der Waals surface area contributed by atoms with Gasteiger partial charge in [0.15, 0.2) is 0 Å². The smallest absolute Gasteiger partial charge is 0.0907 e. The molecule has 0 fully saturated rings. The normalized spacial score (nSPS) is 11.0. The maximum atomic E-state index is 4.46. The largest absolute Gasteiger partial charge is 0.379 e. The molecule has 0 saturated carbocycles. The minimum absolute atomic E-state index is 0.778. The monoisotopic (exact) mass is 258 g/mol. The average Bonchev–Trinajstić information content (AvgIpc) is 2.90. The molecule has 0 atom stereocenters. The van der Waals surface area contributed by atoms with Gasteiger partial charge in [-0.25, -0.2) is 4.98 Å². The Labute approximate surface area is 109 Å². The van der Waals surface area contributed by atoms with E-state index in [0.29, 0.717) is 0 Å². The van der Waals surface area contributed by atoms with E-state index in [4.69, 9.17) is 0 Å². The standard InChI is InChI=1S/C13H14N4S/c1-9-16-12-4-3-10(7-13(12)18-9)14-8-11-5-6-15-17(11)2/h3-7,14H,8H2,1-2H3. The Morgan fingerprint density at radius 2 is 2.22 bits per heavy atom. The number of anilines is 1. The number of fused-ring (bicyclic) bond motifs is 1. The Kier molecular flexibility index (Phi) is 2.76. The van der Waals surface area contributed by atoms with E-state index < -0.39 is 0 Å². The predicted octanol–water partition coefficient (Wildman–Crippen LogP) is 2.95. The van der Waals surface area contributed by atoms with Crippen LogP contribution in [0.2, 0.25) is 0 Å². The first-order chi connectivity index (χ1) is 8.72. The molecule has 0 unspecified atom stereocenters. The first kappa shape index (κ1) is 11.2. The molecule has 0 aliphatic rings. The van der Waals surface area contributed by atoms with E-state index in [9.17, 15) is 0 Å². The number of aromatic nitrogens is 3. The Morgan fingerprint density at radius 3 is 3.00 bits per heavy atom. The first-order valence-electron chi connectivity index (χ1n) is 5.80. The van der Waals surface area contributed by atoms with Gasteiger partial charge in [0.1, 0.15) is 0 Å². The minimum Gasteiger partial charge on any atom is -0.379 e. The summed E-state index contributed by atoms with van der Waals surface area (Å²) in [5.41, 5.74) is 3.35. The van der Waals surface area contributed by atoms with Gasteiger partial charge in [0.2, 0.25) is 0 Å². The molecule has 18 heavy (non-hydrogen) atoms. The summed E-state index contributed by atoms with van der Waals surface area (Å²) in [4.78, 5) is 4.46. The lowest BCUT2D eigenvalue weighted by Crippen LogP contribution is -2.05. The molecule has 2 heterocycles. The van der Waals surface area contributed by atoms with E-state index >= 15 is 0 Å². The Bertz CT molecular complexity index is 683. The fourth-order valence-electron chi connectivity index (χ4n) is 1.92. The summed E-state index contributed by atoms with van der Waals surface area (Å²) in [6.45, 7) is 2.81. The van der Waals surface area contributed by atoms with Crippen molar-refractivity contribution in [1.82, 2.24) is 14.8 Å². The quantitative estimate of drug-likeness (QED) is 0.785. The highest BCUT2D eigenvalue weighted by molar-refractivity contribution is 7.18. The van der Waals surface area contributed by atoms with Crippen molar-refractivity contribution in [3.8, 4) is 0 Å². The van der Waals surface area contributed by atoms with Crippen molar-refractivity contribution in [1.29, 1.82) is 0 Å². The molecular weight excluding hydrogens is 244 g/mol. The van der Waals surface area contributed by atoms with Gasteiger partial charge in [0, 0.05) is 18.9 Å². The highest BCUT2D eigenvalue weighted by Gasteiger charge is 2.02. The molecule has 1 N–H and O–H groups in total. The van der Waals surface area contributed by atoms with Crippen LogP contribution >= 0.6 is 11.3 Å². The third-order valence-electron chi connectivity index (χ3n) is 2.89. The zero-order chi connectivity index (χ0) is 12.5. The van der Waals surface area contributed by atoms with Crippen LogP contribution in [0.3, 0.4) is 0 Å². The minimum atomic E-state index is 0.778. The first-order valence-corrected chi connectivity index (χ1v) is 6.62. The van der Waals surface area contributed by atoms with Crippen LogP contribution in [0.25, 0.3) is 10.2 Å². The number of rotatable bonds is 3. The van der Waals surface area contributed by atoms with Crippen LogP contribution in [-0.2, 0) is 13.6 Å². The van der Waals surface area contributed by atoms with Gasteiger partial charge in [-0.3, -0.25) is 4.68 Å². The van der Waals surface area contributed by atoms with Crippen LogP contribution in [0.5, 0.6) is 0 Å². The van der Waals surface area contributed by atoms with Gasteiger partial charge in [-0.15, -0.1) is 11.3 Å². The summed E-state index contributed by atoms with van der Waals surface area (Å²) >= 11 is 1.72. The van der Waals surface area contributed by atoms with Gasteiger partial charge in [0.05, 0.1) is 27.5 Å². The maximum absolute atomic E-state index is 4.46. The summed E-state index contributed by atoms with van der Waals surface area (Å²) in [5, 5.41) is 8.66. The number of nitrogens with one attached hydrogen (secondary N) is 1. The fraction of sp³-hybridized carbons (Fsp3) is 0.231. The number of nitrogens with zero attached hydrogens (tertiary/aromatic N) is 3. The molecule has 0 radical (unpaired) electrons. The number of hydrogen-bond acceptors (Lipinski definition) is 4. The van der Waals surface area contributed by atoms with Crippen LogP contribution in [0.1, 0.15) is 10.7 Å². The lowest BCUT2D eigenvalue weighted by atomic mass is 10.3. The molecule has 0 saturated heterocycles. The van der Waals surface area contributed by atoms with Gasteiger partial charge in [0.25, 0.3) is 0 Å². The average molecular weight is 258 g/mol. The van der Waals surface area contributed by atoms with Gasteiger partial charge in [-0.1, -0.05) is 0 Å². The number of aryl methyl sites for hydroxylation is 2. The van der Waals surface area contributed by atoms with E-state index in [2.05, 4.69) is 33.6 Å². The van der Waals surface area contributed by atoms with Crippen LogP contribution in [0.15, 0.2) is 30.5 Å². The van der Waals surface area contributed by atoms with Crippen LogP contribution in [0, 0.1) is 6.92 Å². The van der Waals surface area contributed by atoms with Crippen molar-refractivity contribution in [2.45, 2.75) is 13.5 Å². The molecule has 0 amide bonds. The highest BCUT2D eigenvalue weighted by atomic mass is 32.1. The topological polar surface area (TPSA) is 42.7 Å². The maximum Gasteiger partial charge on any atom is 0.0907 e. The lowest BCUT2D eigenvalue weighted by molar-refractivity contribution is 0.720. The second kappa shape index (κ2) is 4.42. The van der Waals surface area contributed by atoms with Gasteiger partial charge < -0.3 is 5.32 Å². The van der Waals surface area contributed by atoms with E-state index in [0.717, 1.165) is 28.5 Å². The summed E-state index contributed by atoms with van der Waals surface area (Å²) in [5.74, 6) is 0. The van der Waals surface area contributed by atoms with Crippen molar-refractivity contribution in [2.75, 3.05) is 5.32 Å². The SMILES string of the molecule is Cc1nc2ccc(NCc3ccnn3C)cc2s1. The van der Waals surface area contributed by atoms with Gasteiger partial charge in [-0.05, 0) is 31.2 Å². The molecule has 3 aromatic rings. The molecule has 92 valence electrons. The van der Waals surface area contributed by atoms with Crippen molar-refractivity contribution in [3.63, 3.8) is 0 Å². The molecule has 1 aromatic carbocycles. The molecule has 0 spiro atoms. The molecule has 4 nitrogen and oxygen atoms in total. The zero-order valence-electron chi connectivity index (χ0n) is 10.3. The summed E-state index contributed by atoms with van der Waals surface area (Å²) in [7, 11) is 1.95. The molecule has 3 rings (SSSR count). The number of hydrogen-bond donors (Lipinski definition) is 1. The molecule has 0 bridgehead atoms. The van der Waals surface area contributed by atoms with E-state index in [-0.39, 0.29) is 0 Å². The highest BCUT2D eigenvalue weighted by Crippen LogP contribution is 2.24. The fourth-order valence-corrected chi connectivity index (χ4v) is 2.78. The lowest BCUT2D eigenvalue weighted by Gasteiger charge is -2.06. The van der Waals surface area contributed by atoms with Crippen molar-refractivity contribution < 1.29 is 0 Å². The van der Waals surface area contributed by atoms with E-state index in [1.54, 1.807) is 11.3 Å². The van der Waals surface area contributed by atoms with Crippen molar-refractivity contribution in [3.05, 3.63) is 41.2 Å². The second-order valence-electron chi connectivity index (χ2n) is 4.22. The molecule has 5 heteroatoms. The van der Waals surface area contributed by atoms with Crippen molar-refractivity contribution >= 4 is 27.2 Å². The molecule has 0 aliphatic carbocycles. The third kappa shape index (κ3) is 2.09. The van der Waals surface area contributed by atoms with E-state index in [1.807, 2.05) is 30.9 Å². The van der Waals surface area contributed by atoms with Crippen molar-refractivity contribution in [2.24, 2.45) is 7.05 Å². The van der Waals surface area contributed by atoms with Crippen LogP contribution in [0.4, 0.5) is 5.69 Å². The summed E-state index contributed by atoms with van der Waals surface area (Å²) in [6, 6.07) is 8.29. The van der Waals surface area contributed by atoms with Crippen LogP contribution < -0.4 is 5.32 Å². The Balaban J connectivity index is 1.80. The number of thiazole rings is 1. The number of benzene rings is 1. The summed E-state index contributed by atoms with van der Waals surface area (Å²) in [6.07, 6.45) is 1.81. The Hall–Kier alpha value is -1.88. The molecular formula is C13H14N4S. The molecule has 2 aromatic heterocycles. The predicted molar refractivity (Wildman–Crippen MR) is 74.9 cm³/mol. The second-order valence-corrected chi connectivity index (χ2v) is 5.45.